The lowest BCUT2D eigenvalue weighted by Gasteiger charge is -2.31. The first-order valence-electron chi connectivity index (χ1n) is 5.15. The molecule has 1 unspecified atom stereocenters. The van der Waals surface area contributed by atoms with Gasteiger partial charge in [-0.3, -0.25) is 0 Å². The number of hydrogen-bond donors (Lipinski definition) is 1. The average Bonchev–Trinajstić information content (AvgIpc) is 2.27. The average molecular weight is 213 g/mol. The molecule has 0 spiro atoms. The van der Waals surface area contributed by atoms with Crippen LogP contribution in [0.3, 0.4) is 0 Å². The molecule has 1 atom stereocenters. The van der Waals surface area contributed by atoms with Gasteiger partial charge in [0.1, 0.15) is 0 Å². The highest BCUT2D eigenvalue weighted by molar-refractivity contribution is 5.18. The van der Waals surface area contributed by atoms with E-state index in [1.807, 2.05) is 30.3 Å². The Morgan fingerprint density at radius 1 is 1.27 bits per heavy atom. The zero-order chi connectivity index (χ0) is 11.3. The Labute approximate surface area is 89.5 Å². The van der Waals surface area contributed by atoms with Crippen LogP contribution in [0, 0.1) is 0 Å². The molecular formula is C12H17F2N. The molecule has 0 aromatic heterocycles. The van der Waals surface area contributed by atoms with Crippen LogP contribution in [0.2, 0.25) is 0 Å². The summed E-state index contributed by atoms with van der Waals surface area (Å²) in [4.78, 5) is 0. The molecule has 1 rings (SSSR count). The number of alkyl halides is 2. The minimum absolute atomic E-state index is 0.360. The van der Waals surface area contributed by atoms with E-state index in [2.05, 4.69) is 5.32 Å². The van der Waals surface area contributed by atoms with Crippen molar-refractivity contribution in [3.8, 4) is 0 Å². The lowest BCUT2D eigenvalue weighted by Crippen LogP contribution is -2.50. The summed E-state index contributed by atoms with van der Waals surface area (Å²) in [6, 6.07) is 9.39. The van der Waals surface area contributed by atoms with Crippen LogP contribution in [0.15, 0.2) is 30.3 Å². The first kappa shape index (κ1) is 12.1. The Bertz CT molecular complexity index is 281. The summed E-state index contributed by atoms with van der Waals surface area (Å²) >= 11 is 0. The van der Waals surface area contributed by atoms with Gasteiger partial charge in [0.05, 0.1) is 5.54 Å². The summed E-state index contributed by atoms with van der Waals surface area (Å²) in [6.07, 6.45) is -1.58. The predicted molar refractivity (Wildman–Crippen MR) is 58.2 cm³/mol. The van der Waals surface area contributed by atoms with Gasteiger partial charge in [0.2, 0.25) is 0 Å². The molecule has 0 bridgehead atoms. The fourth-order valence-corrected chi connectivity index (χ4v) is 1.69. The van der Waals surface area contributed by atoms with Crippen LogP contribution in [-0.4, -0.2) is 19.0 Å². The second-order valence-electron chi connectivity index (χ2n) is 3.72. The molecule has 0 amide bonds. The number of rotatable bonds is 5. The van der Waals surface area contributed by atoms with Crippen molar-refractivity contribution in [3.63, 3.8) is 0 Å². The maximum Gasteiger partial charge on any atom is 0.256 e. The van der Waals surface area contributed by atoms with Gasteiger partial charge in [-0.15, -0.1) is 0 Å². The van der Waals surface area contributed by atoms with Crippen molar-refractivity contribution in [1.82, 2.24) is 5.32 Å². The highest BCUT2D eigenvalue weighted by Gasteiger charge is 2.36. The second-order valence-corrected chi connectivity index (χ2v) is 3.72. The molecule has 15 heavy (non-hydrogen) atoms. The number of halogens is 2. The monoisotopic (exact) mass is 213 g/mol. The first-order valence-corrected chi connectivity index (χ1v) is 5.15. The number of benzene rings is 1. The standard InChI is InChI=1S/C12H17F2N/c1-3-12(15-2,11(13)14)9-10-7-5-4-6-8-10/h4-8,11,15H,3,9H2,1-2H3. The number of nitrogens with one attached hydrogen (secondary N) is 1. The van der Waals surface area contributed by atoms with Crippen molar-refractivity contribution in [1.29, 1.82) is 0 Å². The second kappa shape index (κ2) is 5.21. The van der Waals surface area contributed by atoms with E-state index < -0.39 is 12.0 Å². The smallest absolute Gasteiger partial charge is 0.256 e. The summed E-state index contributed by atoms with van der Waals surface area (Å²) in [5.41, 5.74) is -0.157. The molecule has 0 saturated heterocycles. The van der Waals surface area contributed by atoms with Crippen LogP contribution in [0.25, 0.3) is 0 Å². The Kier molecular flexibility index (Phi) is 4.21. The minimum Gasteiger partial charge on any atom is -0.309 e. The van der Waals surface area contributed by atoms with Crippen LogP contribution in [-0.2, 0) is 6.42 Å². The van der Waals surface area contributed by atoms with E-state index >= 15 is 0 Å². The molecule has 0 saturated carbocycles. The molecule has 0 fully saturated rings. The van der Waals surface area contributed by atoms with Gasteiger partial charge in [0.25, 0.3) is 6.43 Å². The lowest BCUT2D eigenvalue weighted by atomic mass is 9.89. The van der Waals surface area contributed by atoms with E-state index in [1.54, 1.807) is 14.0 Å². The maximum absolute atomic E-state index is 13.0. The summed E-state index contributed by atoms with van der Waals surface area (Å²) in [7, 11) is 1.60. The van der Waals surface area contributed by atoms with Gasteiger partial charge in [-0.2, -0.15) is 0 Å². The third-order valence-electron chi connectivity index (χ3n) is 2.91. The van der Waals surface area contributed by atoms with Gasteiger partial charge < -0.3 is 5.32 Å². The largest absolute Gasteiger partial charge is 0.309 e. The molecule has 0 aliphatic rings. The minimum atomic E-state index is -2.35. The summed E-state index contributed by atoms with van der Waals surface area (Å²) in [5, 5.41) is 2.76. The maximum atomic E-state index is 13.0. The Morgan fingerprint density at radius 3 is 2.27 bits per heavy atom. The third-order valence-corrected chi connectivity index (χ3v) is 2.91. The van der Waals surface area contributed by atoms with E-state index in [0.29, 0.717) is 12.8 Å². The van der Waals surface area contributed by atoms with Gasteiger partial charge >= 0.3 is 0 Å². The van der Waals surface area contributed by atoms with Crippen LogP contribution in [0.5, 0.6) is 0 Å². The molecule has 0 aliphatic carbocycles. The third kappa shape index (κ3) is 2.75. The molecule has 0 heterocycles. The molecule has 3 heteroatoms. The van der Waals surface area contributed by atoms with Crippen molar-refractivity contribution in [3.05, 3.63) is 35.9 Å². The molecule has 1 N–H and O–H groups in total. The van der Waals surface area contributed by atoms with Crippen LogP contribution < -0.4 is 5.32 Å². The quantitative estimate of drug-likeness (QED) is 0.793. The number of likely N-dealkylation sites (N-methyl/N-ethyl adjacent to an activating group) is 1. The zero-order valence-electron chi connectivity index (χ0n) is 9.13. The van der Waals surface area contributed by atoms with Crippen molar-refractivity contribution in [2.75, 3.05) is 7.05 Å². The Balaban J connectivity index is 2.84. The van der Waals surface area contributed by atoms with E-state index in [-0.39, 0.29) is 0 Å². The molecule has 1 aromatic carbocycles. The predicted octanol–water partition coefficient (Wildman–Crippen LogP) is 2.86. The summed E-state index contributed by atoms with van der Waals surface area (Å²) in [6.45, 7) is 1.78. The van der Waals surface area contributed by atoms with Crippen LogP contribution in [0.4, 0.5) is 8.78 Å². The first-order chi connectivity index (χ1) is 7.14. The van der Waals surface area contributed by atoms with Crippen molar-refractivity contribution < 1.29 is 8.78 Å². The highest BCUT2D eigenvalue weighted by atomic mass is 19.3. The molecule has 1 aromatic rings. The highest BCUT2D eigenvalue weighted by Crippen LogP contribution is 2.24. The molecule has 84 valence electrons. The zero-order valence-corrected chi connectivity index (χ0v) is 9.13. The van der Waals surface area contributed by atoms with Crippen molar-refractivity contribution in [2.24, 2.45) is 0 Å². The summed E-state index contributed by atoms with van der Waals surface area (Å²) in [5.74, 6) is 0. The van der Waals surface area contributed by atoms with E-state index in [0.717, 1.165) is 5.56 Å². The summed E-state index contributed by atoms with van der Waals surface area (Å²) < 4.78 is 26.0. The van der Waals surface area contributed by atoms with E-state index in [9.17, 15) is 8.78 Å². The molecule has 0 aliphatic heterocycles. The Morgan fingerprint density at radius 2 is 1.87 bits per heavy atom. The van der Waals surface area contributed by atoms with Gasteiger partial charge in [-0.25, -0.2) is 8.78 Å². The molecule has 1 nitrogen and oxygen atoms in total. The molecule has 0 radical (unpaired) electrons. The van der Waals surface area contributed by atoms with Crippen molar-refractivity contribution >= 4 is 0 Å². The fourth-order valence-electron chi connectivity index (χ4n) is 1.69. The van der Waals surface area contributed by atoms with Gasteiger partial charge in [0.15, 0.2) is 0 Å². The Hall–Kier alpha value is -0.960. The topological polar surface area (TPSA) is 12.0 Å². The lowest BCUT2D eigenvalue weighted by molar-refractivity contribution is 0.0316. The SMILES string of the molecule is CCC(Cc1ccccc1)(NC)C(F)F. The van der Waals surface area contributed by atoms with Gasteiger partial charge in [-0.05, 0) is 25.5 Å². The normalized spacial score (nSPS) is 15.3. The fraction of sp³-hybridized carbons (Fsp3) is 0.500. The van der Waals surface area contributed by atoms with Crippen LogP contribution >= 0.6 is 0 Å². The van der Waals surface area contributed by atoms with E-state index in [1.165, 1.54) is 0 Å². The van der Waals surface area contributed by atoms with Gasteiger partial charge in [-0.1, -0.05) is 37.3 Å². The van der Waals surface area contributed by atoms with E-state index in [4.69, 9.17) is 0 Å². The number of hydrogen-bond acceptors (Lipinski definition) is 1. The van der Waals surface area contributed by atoms with Crippen molar-refractivity contribution in [2.45, 2.75) is 31.7 Å². The van der Waals surface area contributed by atoms with Crippen LogP contribution in [0.1, 0.15) is 18.9 Å². The molecular weight excluding hydrogens is 196 g/mol. The van der Waals surface area contributed by atoms with Gasteiger partial charge in [0, 0.05) is 0 Å².